The second-order valence-electron chi connectivity index (χ2n) is 7.61. The third-order valence-corrected chi connectivity index (χ3v) is 5.62. The molecule has 30 heavy (non-hydrogen) atoms. The van der Waals surface area contributed by atoms with Gasteiger partial charge in [0.2, 0.25) is 5.43 Å². The van der Waals surface area contributed by atoms with Crippen LogP contribution in [0.5, 0.6) is 0 Å². The van der Waals surface area contributed by atoms with Crippen LogP contribution in [0.15, 0.2) is 23.1 Å². The van der Waals surface area contributed by atoms with Crippen LogP contribution in [0, 0.1) is 5.82 Å². The summed E-state index contributed by atoms with van der Waals surface area (Å²) in [6.45, 7) is 1.52. The first-order valence-electron chi connectivity index (χ1n) is 9.25. The Morgan fingerprint density at radius 2 is 1.90 bits per heavy atom. The Hall–Kier alpha value is -3.11. The maximum Gasteiger partial charge on any atom is 0.471 e. The number of halogens is 4. The summed E-state index contributed by atoms with van der Waals surface area (Å²) in [6, 6.07) is 0.954. The molecule has 2 unspecified atom stereocenters. The zero-order valence-electron chi connectivity index (χ0n) is 15.7. The standard InChI is InChI=1S/C19H17F4N3O4/c1-8-13(24-18(30)19(21,22)23)7-25(8)15-5-14-10(4-12(15)20)16(27)11(17(28)29)6-26(14)9-2-3-9/h4-6,8-9,13H,2-3,7H2,1H3,(H,24,30)(H,28,29). The van der Waals surface area contributed by atoms with Gasteiger partial charge in [-0.2, -0.15) is 13.2 Å². The molecule has 4 rings (SSSR count). The summed E-state index contributed by atoms with van der Waals surface area (Å²) < 4.78 is 53.8. The van der Waals surface area contributed by atoms with Crippen LogP contribution in [0.1, 0.15) is 36.2 Å². The van der Waals surface area contributed by atoms with Gasteiger partial charge in [0.1, 0.15) is 11.4 Å². The Balaban J connectivity index is 1.70. The number of nitrogens with zero attached hydrogens (tertiary/aromatic N) is 2. The van der Waals surface area contributed by atoms with E-state index in [-0.39, 0.29) is 23.7 Å². The van der Waals surface area contributed by atoms with E-state index in [0.717, 1.165) is 18.9 Å². The highest BCUT2D eigenvalue weighted by molar-refractivity contribution is 5.93. The lowest BCUT2D eigenvalue weighted by molar-refractivity contribution is -0.174. The number of aromatic nitrogens is 1. The van der Waals surface area contributed by atoms with Crippen LogP contribution < -0.4 is 15.6 Å². The predicted molar refractivity (Wildman–Crippen MR) is 98.2 cm³/mol. The Bertz CT molecular complexity index is 1120. The number of carbonyl (C=O) groups excluding carboxylic acids is 1. The molecule has 2 N–H and O–H groups in total. The van der Waals surface area contributed by atoms with Crippen LogP contribution in [0.4, 0.5) is 23.2 Å². The number of nitrogens with one attached hydrogen (secondary N) is 1. The van der Waals surface area contributed by atoms with E-state index in [0.29, 0.717) is 5.52 Å². The zero-order valence-corrected chi connectivity index (χ0v) is 15.7. The van der Waals surface area contributed by atoms with E-state index in [1.807, 2.05) is 5.32 Å². The highest BCUT2D eigenvalue weighted by Gasteiger charge is 2.45. The number of fused-ring (bicyclic) bond motifs is 1. The monoisotopic (exact) mass is 427 g/mol. The number of carboxylic acids is 1. The Kier molecular flexibility index (Phi) is 4.51. The first-order valence-corrected chi connectivity index (χ1v) is 9.25. The number of carbonyl (C=O) groups is 2. The van der Waals surface area contributed by atoms with Crippen molar-refractivity contribution in [2.24, 2.45) is 0 Å². The molecule has 0 spiro atoms. The maximum absolute atomic E-state index is 14.8. The van der Waals surface area contributed by atoms with Crippen molar-refractivity contribution in [3.63, 3.8) is 0 Å². The molecule has 160 valence electrons. The molecule has 7 nitrogen and oxygen atoms in total. The number of alkyl halides is 3. The molecule has 0 radical (unpaired) electrons. The van der Waals surface area contributed by atoms with Crippen molar-refractivity contribution in [3.05, 3.63) is 39.9 Å². The first-order chi connectivity index (χ1) is 14.0. The lowest BCUT2D eigenvalue weighted by Gasteiger charge is -2.48. The molecule has 2 heterocycles. The van der Waals surface area contributed by atoms with Gasteiger partial charge in [0.25, 0.3) is 0 Å². The van der Waals surface area contributed by atoms with Crippen LogP contribution in [0.3, 0.4) is 0 Å². The smallest absolute Gasteiger partial charge is 0.471 e. The molecular weight excluding hydrogens is 410 g/mol. The SMILES string of the molecule is CC1C(NC(=O)C(F)(F)F)CN1c1cc2c(cc1F)c(=O)c(C(=O)O)cn2C1CC1. The Labute approximate surface area is 166 Å². The second kappa shape index (κ2) is 6.71. The van der Waals surface area contributed by atoms with E-state index in [2.05, 4.69) is 0 Å². The van der Waals surface area contributed by atoms with Gasteiger partial charge in [0.15, 0.2) is 0 Å². The topological polar surface area (TPSA) is 91.6 Å². The molecule has 1 amide bonds. The second-order valence-corrected chi connectivity index (χ2v) is 7.61. The third kappa shape index (κ3) is 3.27. The quantitative estimate of drug-likeness (QED) is 0.732. The van der Waals surface area contributed by atoms with Gasteiger partial charge in [0.05, 0.1) is 17.2 Å². The summed E-state index contributed by atoms with van der Waals surface area (Å²) in [6.07, 6.45) is -2.18. The number of aromatic carboxylic acids is 1. The molecule has 2 aromatic rings. The number of hydrogen-bond acceptors (Lipinski definition) is 4. The lowest BCUT2D eigenvalue weighted by Crippen LogP contribution is -2.67. The molecule has 11 heteroatoms. The van der Waals surface area contributed by atoms with Crippen LogP contribution in [-0.4, -0.2) is 46.4 Å². The van der Waals surface area contributed by atoms with Gasteiger partial charge in [-0.15, -0.1) is 0 Å². The minimum atomic E-state index is -5.00. The van der Waals surface area contributed by atoms with Crippen molar-refractivity contribution in [1.29, 1.82) is 0 Å². The van der Waals surface area contributed by atoms with Gasteiger partial charge in [-0.05, 0) is 31.9 Å². The summed E-state index contributed by atoms with van der Waals surface area (Å²) in [5.41, 5.74) is -0.816. The van der Waals surface area contributed by atoms with Gasteiger partial charge < -0.3 is 19.9 Å². The van der Waals surface area contributed by atoms with Gasteiger partial charge >= 0.3 is 18.1 Å². The molecule has 2 atom stereocenters. The van der Waals surface area contributed by atoms with Gasteiger partial charge in [0, 0.05) is 30.2 Å². The van der Waals surface area contributed by atoms with Crippen LogP contribution in [0.25, 0.3) is 10.9 Å². The molecule has 1 aliphatic carbocycles. The fourth-order valence-corrected chi connectivity index (χ4v) is 3.73. The van der Waals surface area contributed by atoms with Crippen molar-refractivity contribution in [2.45, 2.75) is 44.1 Å². The van der Waals surface area contributed by atoms with Crippen LogP contribution >= 0.6 is 0 Å². The zero-order chi connectivity index (χ0) is 22.0. The number of carboxylic acid groups (broad SMARTS) is 1. The third-order valence-electron chi connectivity index (χ3n) is 5.62. The number of anilines is 1. The molecular formula is C19H17F4N3O4. The molecule has 2 fully saturated rings. The predicted octanol–water partition coefficient (Wildman–Crippen LogP) is 2.43. The van der Waals surface area contributed by atoms with E-state index < -0.39 is 46.9 Å². The van der Waals surface area contributed by atoms with Gasteiger partial charge in [-0.25, -0.2) is 9.18 Å². The van der Waals surface area contributed by atoms with Gasteiger partial charge in [-0.1, -0.05) is 0 Å². The van der Waals surface area contributed by atoms with Crippen molar-refractivity contribution in [3.8, 4) is 0 Å². The van der Waals surface area contributed by atoms with Crippen molar-refractivity contribution in [2.75, 3.05) is 11.4 Å². The molecule has 0 bridgehead atoms. The fraction of sp³-hybridized carbons (Fsp3) is 0.421. The Morgan fingerprint density at radius 3 is 2.43 bits per heavy atom. The number of pyridine rings is 1. The summed E-state index contributed by atoms with van der Waals surface area (Å²) in [7, 11) is 0. The van der Waals surface area contributed by atoms with Gasteiger partial charge in [-0.3, -0.25) is 9.59 Å². The molecule has 1 aliphatic heterocycles. The maximum atomic E-state index is 14.8. The van der Waals surface area contributed by atoms with E-state index in [1.54, 1.807) is 11.5 Å². The molecule has 1 saturated carbocycles. The number of hydrogen-bond donors (Lipinski definition) is 2. The number of rotatable bonds is 4. The van der Waals surface area contributed by atoms with Crippen LogP contribution in [-0.2, 0) is 4.79 Å². The molecule has 1 saturated heterocycles. The van der Waals surface area contributed by atoms with Crippen LogP contribution in [0.2, 0.25) is 0 Å². The van der Waals surface area contributed by atoms with Crippen molar-refractivity contribution < 1.29 is 32.3 Å². The van der Waals surface area contributed by atoms with E-state index in [4.69, 9.17) is 0 Å². The highest BCUT2D eigenvalue weighted by atomic mass is 19.4. The van der Waals surface area contributed by atoms with Crippen molar-refractivity contribution >= 4 is 28.5 Å². The molecule has 2 aliphatic rings. The fourth-order valence-electron chi connectivity index (χ4n) is 3.73. The van der Waals surface area contributed by atoms with E-state index >= 15 is 0 Å². The summed E-state index contributed by atoms with van der Waals surface area (Å²) in [5, 5.41) is 11.1. The summed E-state index contributed by atoms with van der Waals surface area (Å²) in [5.74, 6) is -4.25. The average Bonchev–Trinajstić information content (AvgIpc) is 3.49. The minimum absolute atomic E-state index is 0.00264. The Morgan fingerprint density at radius 1 is 1.23 bits per heavy atom. The summed E-state index contributed by atoms with van der Waals surface area (Å²) in [4.78, 5) is 36.5. The number of benzene rings is 1. The van der Waals surface area contributed by atoms with E-state index in [1.165, 1.54) is 17.2 Å². The average molecular weight is 427 g/mol. The van der Waals surface area contributed by atoms with E-state index in [9.17, 15) is 37.1 Å². The first kappa shape index (κ1) is 20.2. The lowest BCUT2D eigenvalue weighted by atomic mass is 9.96. The summed E-state index contributed by atoms with van der Waals surface area (Å²) >= 11 is 0. The largest absolute Gasteiger partial charge is 0.477 e. The normalized spacial score (nSPS) is 21.4. The highest BCUT2D eigenvalue weighted by Crippen LogP contribution is 2.39. The molecule has 1 aromatic heterocycles. The minimum Gasteiger partial charge on any atom is -0.477 e. The molecule has 1 aromatic carbocycles. The number of amides is 1. The van der Waals surface area contributed by atoms with Crippen molar-refractivity contribution in [1.82, 2.24) is 9.88 Å².